The van der Waals surface area contributed by atoms with Gasteiger partial charge in [-0.15, -0.1) is 11.3 Å². The van der Waals surface area contributed by atoms with Gasteiger partial charge >= 0.3 is 0 Å². The van der Waals surface area contributed by atoms with Crippen LogP contribution in [-0.2, 0) is 11.8 Å². The van der Waals surface area contributed by atoms with E-state index in [0.29, 0.717) is 24.6 Å². The first-order valence-corrected chi connectivity index (χ1v) is 9.98. The molecule has 0 N–H and O–H groups in total. The van der Waals surface area contributed by atoms with E-state index in [1.807, 2.05) is 47.7 Å². The number of hydrogen-bond donors (Lipinski definition) is 0. The van der Waals surface area contributed by atoms with Crippen molar-refractivity contribution in [3.05, 3.63) is 41.7 Å². The zero-order valence-corrected chi connectivity index (χ0v) is 16.4. The third kappa shape index (κ3) is 2.85. The lowest BCUT2D eigenvalue weighted by atomic mass is 10.1. The van der Waals surface area contributed by atoms with Gasteiger partial charge in [0.1, 0.15) is 4.83 Å². The summed E-state index contributed by atoms with van der Waals surface area (Å²) in [5, 5.41) is 0.979. The summed E-state index contributed by atoms with van der Waals surface area (Å²) in [5.41, 5.74) is 3.45. The molecule has 0 unspecified atom stereocenters. The molecule has 1 atom stereocenters. The van der Waals surface area contributed by atoms with Crippen LogP contribution in [0.4, 0.5) is 0 Å². The summed E-state index contributed by atoms with van der Waals surface area (Å²) < 4.78 is 7.38. The molecule has 142 valence electrons. The predicted molar refractivity (Wildman–Crippen MR) is 108 cm³/mol. The molecular weight excluding hydrogens is 374 g/mol. The van der Waals surface area contributed by atoms with Crippen LogP contribution >= 0.6 is 11.3 Å². The van der Waals surface area contributed by atoms with Gasteiger partial charge in [-0.2, -0.15) is 0 Å². The fraction of sp³-hybridized carbons (Fsp3) is 0.300. The number of hydrogen-bond acceptors (Lipinski definition) is 6. The van der Waals surface area contributed by atoms with Crippen molar-refractivity contribution < 1.29 is 9.53 Å². The van der Waals surface area contributed by atoms with Gasteiger partial charge in [-0.25, -0.2) is 15.0 Å². The number of amides is 1. The normalized spacial score (nSPS) is 17.5. The minimum absolute atomic E-state index is 0.0540. The number of nitrogens with zero attached hydrogens (tertiary/aromatic N) is 5. The fourth-order valence-electron chi connectivity index (χ4n) is 3.50. The molecule has 5 heterocycles. The zero-order chi connectivity index (χ0) is 19.3. The van der Waals surface area contributed by atoms with Crippen LogP contribution in [-0.4, -0.2) is 56.1 Å². The maximum atomic E-state index is 12.9. The molecule has 0 radical (unpaired) electrons. The first-order valence-electron chi connectivity index (χ1n) is 9.17. The Morgan fingerprint density at radius 3 is 3.04 bits per heavy atom. The average molecular weight is 393 g/mol. The Bertz CT molecular complexity index is 1200. The van der Waals surface area contributed by atoms with E-state index >= 15 is 0 Å². The highest BCUT2D eigenvalue weighted by molar-refractivity contribution is 7.20. The number of aryl methyl sites for hydroxylation is 1. The number of carbonyl (C=O) groups is 1. The van der Waals surface area contributed by atoms with Crippen molar-refractivity contribution >= 4 is 38.6 Å². The van der Waals surface area contributed by atoms with Crippen molar-refractivity contribution in [1.29, 1.82) is 0 Å². The van der Waals surface area contributed by atoms with Gasteiger partial charge in [0.2, 0.25) is 0 Å². The van der Waals surface area contributed by atoms with Gasteiger partial charge in [0.05, 0.1) is 41.7 Å². The van der Waals surface area contributed by atoms with Crippen LogP contribution in [0.5, 0.6) is 0 Å². The number of fused-ring (bicyclic) bond motifs is 2. The van der Waals surface area contributed by atoms with Crippen LogP contribution in [0.25, 0.3) is 32.6 Å². The highest BCUT2D eigenvalue weighted by Crippen LogP contribution is 2.29. The highest BCUT2D eigenvalue weighted by Gasteiger charge is 2.26. The third-order valence-electron chi connectivity index (χ3n) is 5.10. The van der Waals surface area contributed by atoms with Crippen molar-refractivity contribution in [2.24, 2.45) is 7.05 Å². The van der Waals surface area contributed by atoms with Gasteiger partial charge in [0.25, 0.3) is 5.91 Å². The molecule has 0 saturated carbocycles. The predicted octanol–water partition coefficient (Wildman–Crippen LogP) is 3.11. The van der Waals surface area contributed by atoms with Gasteiger partial charge in [-0.3, -0.25) is 4.79 Å². The number of carbonyl (C=O) groups excluding carboxylic acids is 1. The second-order valence-electron chi connectivity index (χ2n) is 7.05. The number of thiophene rings is 1. The van der Waals surface area contributed by atoms with Gasteiger partial charge in [-0.1, -0.05) is 0 Å². The van der Waals surface area contributed by atoms with Gasteiger partial charge < -0.3 is 14.2 Å². The van der Waals surface area contributed by atoms with E-state index in [4.69, 9.17) is 9.72 Å². The number of rotatable bonds is 2. The van der Waals surface area contributed by atoms with E-state index in [0.717, 1.165) is 32.6 Å². The smallest absolute Gasteiger partial charge is 0.264 e. The van der Waals surface area contributed by atoms with Crippen molar-refractivity contribution in [1.82, 2.24) is 24.4 Å². The number of imidazole rings is 1. The van der Waals surface area contributed by atoms with E-state index in [2.05, 4.69) is 9.97 Å². The highest BCUT2D eigenvalue weighted by atomic mass is 32.1. The van der Waals surface area contributed by atoms with Crippen LogP contribution in [0, 0.1) is 0 Å². The maximum Gasteiger partial charge on any atom is 0.264 e. The molecule has 5 rings (SSSR count). The summed E-state index contributed by atoms with van der Waals surface area (Å²) in [5.74, 6) is 0.0540. The van der Waals surface area contributed by atoms with Crippen molar-refractivity contribution in [2.75, 3.05) is 19.8 Å². The van der Waals surface area contributed by atoms with Gasteiger partial charge in [0, 0.05) is 30.7 Å². The molecule has 4 aromatic heterocycles. The summed E-state index contributed by atoms with van der Waals surface area (Å²) in [4.78, 5) is 29.8. The van der Waals surface area contributed by atoms with Crippen molar-refractivity contribution in [3.8, 4) is 11.3 Å². The number of morpholine rings is 1. The molecule has 7 nitrogen and oxygen atoms in total. The fourth-order valence-corrected chi connectivity index (χ4v) is 4.49. The molecular formula is C20H19N5O2S. The van der Waals surface area contributed by atoms with E-state index in [1.54, 1.807) is 12.5 Å². The van der Waals surface area contributed by atoms with Gasteiger partial charge in [0.15, 0.2) is 5.65 Å². The van der Waals surface area contributed by atoms with Crippen LogP contribution in [0.3, 0.4) is 0 Å². The molecule has 1 aliphatic heterocycles. The second-order valence-corrected chi connectivity index (χ2v) is 8.08. The molecule has 0 aromatic carbocycles. The van der Waals surface area contributed by atoms with Gasteiger partial charge in [-0.05, 0) is 31.2 Å². The quantitative estimate of drug-likeness (QED) is 0.523. The average Bonchev–Trinajstić information content (AvgIpc) is 3.30. The summed E-state index contributed by atoms with van der Waals surface area (Å²) >= 11 is 1.44. The Kier molecular flexibility index (Phi) is 4.10. The molecule has 8 heteroatoms. The Balaban J connectivity index is 1.50. The summed E-state index contributed by atoms with van der Waals surface area (Å²) in [6.07, 6.45) is 3.54. The van der Waals surface area contributed by atoms with Crippen LogP contribution < -0.4 is 0 Å². The first-order chi connectivity index (χ1) is 13.6. The Morgan fingerprint density at radius 2 is 2.18 bits per heavy atom. The molecule has 0 spiro atoms. The van der Waals surface area contributed by atoms with Crippen molar-refractivity contribution in [3.63, 3.8) is 0 Å². The van der Waals surface area contributed by atoms with Crippen LogP contribution in [0.1, 0.15) is 16.6 Å². The number of aromatic nitrogens is 4. The number of ether oxygens (including phenoxy) is 1. The first kappa shape index (κ1) is 17.3. The lowest BCUT2D eigenvalue weighted by Gasteiger charge is -2.32. The monoisotopic (exact) mass is 393 g/mol. The molecule has 0 bridgehead atoms. The molecule has 28 heavy (non-hydrogen) atoms. The largest absolute Gasteiger partial charge is 0.377 e. The van der Waals surface area contributed by atoms with E-state index < -0.39 is 0 Å². The molecule has 1 fully saturated rings. The zero-order valence-electron chi connectivity index (χ0n) is 15.6. The third-order valence-corrected chi connectivity index (χ3v) is 6.13. The molecule has 1 saturated heterocycles. The van der Waals surface area contributed by atoms with E-state index in [9.17, 15) is 4.79 Å². The topological polar surface area (TPSA) is 73.1 Å². The molecule has 0 aliphatic carbocycles. The molecule has 4 aromatic rings. The summed E-state index contributed by atoms with van der Waals surface area (Å²) in [6, 6.07) is 8.05. The lowest BCUT2D eigenvalue weighted by molar-refractivity contribution is 0.00387. The number of pyridine rings is 2. The standard InChI is InChI=1S/C20H19N5O2S/c1-12-10-27-6-5-25(12)20(26)17-8-13-3-4-15(23-19(13)28-17)14-7-16-18(21-9-14)22-11-24(16)2/h3-4,7-9,11-12H,5-6,10H2,1-2H3/t12-/m1/s1. The summed E-state index contributed by atoms with van der Waals surface area (Å²) in [7, 11) is 1.95. The maximum absolute atomic E-state index is 12.9. The van der Waals surface area contributed by atoms with Crippen molar-refractivity contribution in [2.45, 2.75) is 13.0 Å². The minimum Gasteiger partial charge on any atom is -0.377 e. The Morgan fingerprint density at radius 1 is 1.29 bits per heavy atom. The SMILES string of the molecule is C[C@@H]1COCCN1C(=O)c1cc2ccc(-c3cnc4ncn(C)c4c3)nc2s1. The molecule has 1 amide bonds. The van der Waals surface area contributed by atoms with E-state index in [-0.39, 0.29) is 11.9 Å². The minimum atomic E-state index is 0.0540. The van der Waals surface area contributed by atoms with Crippen LogP contribution in [0.2, 0.25) is 0 Å². The second kappa shape index (κ2) is 6.65. The Hall–Kier alpha value is -2.84. The molecule has 1 aliphatic rings. The summed E-state index contributed by atoms with van der Waals surface area (Å²) in [6.45, 7) is 3.82. The Labute approximate surface area is 165 Å². The van der Waals surface area contributed by atoms with E-state index in [1.165, 1.54) is 11.3 Å². The van der Waals surface area contributed by atoms with Crippen LogP contribution in [0.15, 0.2) is 36.8 Å². The lowest BCUT2D eigenvalue weighted by Crippen LogP contribution is -2.46.